The molecule has 1 fully saturated rings. The highest BCUT2D eigenvalue weighted by Gasteiger charge is 2.15. The lowest BCUT2D eigenvalue weighted by Crippen LogP contribution is -2.41. The van der Waals surface area contributed by atoms with Crippen molar-refractivity contribution in [1.29, 1.82) is 0 Å². The normalized spacial score (nSPS) is 14.8. The molecule has 150 valence electrons. The second-order valence-corrected chi connectivity index (χ2v) is 7.73. The number of nitrogens with zero attached hydrogens (tertiary/aromatic N) is 2. The lowest BCUT2D eigenvalue weighted by atomic mass is 10.0. The Labute approximate surface area is 175 Å². The van der Waals surface area contributed by atoms with Crippen LogP contribution in [0.4, 0.5) is 0 Å². The molecule has 0 radical (unpaired) electrons. The number of hydrogen-bond donors (Lipinski definition) is 1. The van der Waals surface area contributed by atoms with Gasteiger partial charge in [0.2, 0.25) is 0 Å². The fourth-order valence-electron chi connectivity index (χ4n) is 3.51. The summed E-state index contributed by atoms with van der Waals surface area (Å²) in [5.74, 6) is -0.110. The topological polar surface area (TPSA) is 54.5 Å². The molecule has 1 saturated heterocycles. The van der Waals surface area contributed by atoms with Crippen molar-refractivity contribution < 1.29 is 9.53 Å². The van der Waals surface area contributed by atoms with Crippen molar-refractivity contribution in [2.75, 3.05) is 39.4 Å². The first kappa shape index (κ1) is 19.8. The molecule has 1 aliphatic heterocycles. The number of carbonyl (C=O) groups excluding carboxylic acids is 1. The molecule has 5 nitrogen and oxygen atoms in total. The van der Waals surface area contributed by atoms with Crippen LogP contribution in [0, 0.1) is 6.92 Å². The molecule has 4 rings (SSSR count). The number of amides is 1. The first-order valence-corrected chi connectivity index (χ1v) is 10.2. The van der Waals surface area contributed by atoms with Crippen LogP contribution in [0.2, 0.25) is 5.02 Å². The van der Waals surface area contributed by atoms with E-state index >= 15 is 0 Å². The Bertz CT molecular complexity index is 1010. The summed E-state index contributed by atoms with van der Waals surface area (Å²) < 4.78 is 5.37. The summed E-state index contributed by atoms with van der Waals surface area (Å²) in [5.41, 5.74) is 4.29. The van der Waals surface area contributed by atoms with Crippen LogP contribution in [0.15, 0.2) is 48.5 Å². The molecule has 6 heteroatoms. The number of benzene rings is 2. The van der Waals surface area contributed by atoms with Gasteiger partial charge in [0.1, 0.15) is 0 Å². The minimum atomic E-state index is -0.110. The van der Waals surface area contributed by atoms with Gasteiger partial charge in [-0.1, -0.05) is 41.4 Å². The first-order valence-electron chi connectivity index (χ1n) is 9.86. The second kappa shape index (κ2) is 8.91. The maximum absolute atomic E-state index is 13.0. The Morgan fingerprint density at radius 1 is 1.14 bits per heavy atom. The molecule has 0 unspecified atom stereocenters. The molecule has 0 bridgehead atoms. The van der Waals surface area contributed by atoms with Gasteiger partial charge in [0.05, 0.1) is 30.0 Å². The van der Waals surface area contributed by atoms with E-state index in [-0.39, 0.29) is 5.91 Å². The van der Waals surface area contributed by atoms with Crippen LogP contribution in [-0.2, 0) is 4.74 Å². The maximum atomic E-state index is 13.0. The predicted molar refractivity (Wildman–Crippen MR) is 117 cm³/mol. The van der Waals surface area contributed by atoms with Crippen molar-refractivity contribution >= 4 is 28.4 Å². The van der Waals surface area contributed by atoms with E-state index in [2.05, 4.69) is 10.2 Å². The molecule has 0 saturated carbocycles. The third-order valence-corrected chi connectivity index (χ3v) is 5.42. The van der Waals surface area contributed by atoms with Crippen LogP contribution in [0.3, 0.4) is 0 Å². The van der Waals surface area contributed by atoms with Crippen molar-refractivity contribution in [2.24, 2.45) is 0 Å². The number of carbonyl (C=O) groups is 1. The molecule has 0 spiro atoms. The molecular formula is C23H24ClN3O2. The van der Waals surface area contributed by atoms with E-state index in [1.54, 1.807) is 12.1 Å². The predicted octanol–water partition coefficient (Wildman–Crippen LogP) is 3.93. The average Bonchev–Trinajstić information content (AvgIpc) is 2.74. The van der Waals surface area contributed by atoms with Crippen molar-refractivity contribution in [1.82, 2.24) is 15.2 Å². The Balaban J connectivity index is 1.61. The van der Waals surface area contributed by atoms with Gasteiger partial charge >= 0.3 is 0 Å². The summed E-state index contributed by atoms with van der Waals surface area (Å²) in [6.45, 7) is 6.75. The van der Waals surface area contributed by atoms with Gasteiger partial charge in [-0.15, -0.1) is 0 Å². The number of ether oxygens (including phenoxy) is 1. The molecule has 2 aromatic carbocycles. The molecule has 0 atom stereocenters. The van der Waals surface area contributed by atoms with Gasteiger partial charge in [-0.25, -0.2) is 4.98 Å². The highest BCUT2D eigenvalue weighted by Crippen LogP contribution is 2.27. The monoisotopic (exact) mass is 409 g/mol. The van der Waals surface area contributed by atoms with Crippen LogP contribution < -0.4 is 5.32 Å². The molecule has 1 N–H and O–H groups in total. The SMILES string of the molecule is Cc1ccc(-c2cc(C(=O)NCCN3CCOCC3)c3cc(Cl)ccc3n2)cc1. The number of halogens is 1. The smallest absolute Gasteiger partial charge is 0.252 e. The van der Waals surface area contributed by atoms with E-state index in [0.29, 0.717) is 17.1 Å². The van der Waals surface area contributed by atoms with E-state index in [1.807, 2.05) is 43.3 Å². The summed E-state index contributed by atoms with van der Waals surface area (Å²) in [5, 5.41) is 4.40. The highest BCUT2D eigenvalue weighted by atomic mass is 35.5. The van der Waals surface area contributed by atoms with Gasteiger partial charge in [0.15, 0.2) is 0 Å². The summed E-state index contributed by atoms with van der Waals surface area (Å²) >= 11 is 6.20. The lowest BCUT2D eigenvalue weighted by molar-refractivity contribution is 0.0383. The van der Waals surface area contributed by atoms with Crippen LogP contribution in [-0.4, -0.2) is 55.2 Å². The van der Waals surface area contributed by atoms with Crippen LogP contribution >= 0.6 is 11.6 Å². The standard InChI is InChI=1S/C23H24ClN3O2/c1-16-2-4-17(5-3-16)22-15-20(19-14-18(24)6-7-21(19)26-22)23(28)25-8-9-27-10-12-29-13-11-27/h2-7,14-15H,8-13H2,1H3,(H,25,28). The average molecular weight is 410 g/mol. The van der Waals surface area contributed by atoms with Gasteiger partial charge in [-0.05, 0) is 31.2 Å². The van der Waals surface area contributed by atoms with E-state index in [0.717, 1.165) is 55.0 Å². The third-order valence-electron chi connectivity index (χ3n) is 5.18. The fourth-order valence-corrected chi connectivity index (χ4v) is 3.68. The summed E-state index contributed by atoms with van der Waals surface area (Å²) in [4.78, 5) is 20.1. The van der Waals surface area contributed by atoms with Crippen LogP contribution in [0.1, 0.15) is 15.9 Å². The Morgan fingerprint density at radius 3 is 2.66 bits per heavy atom. The van der Waals surface area contributed by atoms with Crippen molar-refractivity contribution in [3.8, 4) is 11.3 Å². The van der Waals surface area contributed by atoms with E-state index in [4.69, 9.17) is 21.3 Å². The van der Waals surface area contributed by atoms with Gasteiger partial charge < -0.3 is 10.1 Å². The van der Waals surface area contributed by atoms with E-state index in [1.165, 1.54) is 5.56 Å². The van der Waals surface area contributed by atoms with Gasteiger partial charge in [-0.2, -0.15) is 0 Å². The minimum absolute atomic E-state index is 0.110. The number of aromatic nitrogens is 1. The number of pyridine rings is 1. The quantitative estimate of drug-likeness (QED) is 0.693. The zero-order valence-corrected chi connectivity index (χ0v) is 17.2. The molecular weight excluding hydrogens is 386 g/mol. The molecule has 2 heterocycles. The van der Waals surface area contributed by atoms with Gasteiger partial charge in [0.25, 0.3) is 5.91 Å². The molecule has 1 aliphatic rings. The summed E-state index contributed by atoms with van der Waals surface area (Å²) in [6, 6.07) is 15.5. The Hall–Kier alpha value is -2.47. The highest BCUT2D eigenvalue weighted by molar-refractivity contribution is 6.31. The molecule has 29 heavy (non-hydrogen) atoms. The van der Waals surface area contributed by atoms with E-state index in [9.17, 15) is 4.79 Å². The number of morpholine rings is 1. The molecule has 0 aliphatic carbocycles. The first-order chi connectivity index (χ1) is 14.1. The molecule has 3 aromatic rings. The molecule has 1 amide bonds. The van der Waals surface area contributed by atoms with Gasteiger partial charge in [0, 0.05) is 42.2 Å². The summed E-state index contributed by atoms with van der Waals surface area (Å²) in [6.07, 6.45) is 0. The summed E-state index contributed by atoms with van der Waals surface area (Å²) in [7, 11) is 0. The van der Waals surface area contributed by atoms with Crippen LogP contribution in [0.25, 0.3) is 22.2 Å². The fraction of sp³-hybridized carbons (Fsp3) is 0.304. The maximum Gasteiger partial charge on any atom is 0.252 e. The van der Waals surface area contributed by atoms with Crippen LogP contribution in [0.5, 0.6) is 0 Å². The number of nitrogens with one attached hydrogen (secondary N) is 1. The number of hydrogen-bond acceptors (Lipinski definition) is 4. The van der Waals surface area contributed by atoms with Gasteiger partial charge in [-0.3, -0.25) is 9.69 Å². The lowest BCUT2D eigenvalue weighted by Gasteiger charge is -2.26. The van der Waals surface area contributed by atoms with Crippen molar-refractivity contribution in [2.45, 2.75) is 6.92 Å². The Kier molecular flexibility index (Phi) is 6.09. The second-order valence-electron chi connectivity index (χ2n) is 7.29. The largest absolute Gasteiger partial charge is 0.379 e. The zero-order chi connectivity index (χ0) is 20.2. The Morgan fingerprint density at radius 2 is 1.90 bits per heavy atom. The third kappa shape index (κ3) is 4.75. The zero-order valence-electron chi connectivity index (χ0n) is 16.5. The van der Waals surface area contributed by atoms with Crippen molar-refractivity contribution in [3.05, 3.63) is 64.7 Å². The van der Waals surface area contributed by atoms with E-state index < -0.39 is 0 Å². The number of fused-ring (bicyclic) bond motifs is 1. The van der Waals surface area contributed by atoms with Crippen molar-refractivity contribution in [3.63, 3.8) is 0 Å². The molecule has 1 aromatic heterocycles. The number of aryl methyl sites for hydroxylation is 1. The number of rotatable bonds is 5. The minimum Gasteiger partial charge on any atom is -0.379 e.